The Balaban J connectivity index is 1.18. The number of ether oxygens (including phenoxy) is 1. The van der Waals surface area contributed by atoms with Gasteiger partial charge in [0.2, 0.25) is 0 Å². The van der Waals surface area contributed by atoms with Crippen molar-refractivity contribution in [2.75, 3.05) is 19.7 Å². The van der Waals surface area contributed by atoms with Crippen LogP contribution >= 0.6 is 0 Å². The van der Waals surface area contributed by atoms with Crippen molar-refractivity contribution in [2.24, 2.45) is 0 Å². The van der Waals surface area contributed by atoms with Gasteiger partial charge in [-0.25, -0.2) is 4.68 Å². The van der Waals surface area contributed by atoms with Gasteiger partial charge in [-0.1, -0.05) is 12.1 Å². The topological polar surface area (TPSA) is 93.5 Å². The maximum Gasteiger partial charge on any atom is 0.261 e. The van der Waals surface area contributed by atoms with Crippen LogP contribution < -0.4 is 5.32 Å². The number of hydrogen-bond donors (Lipinski definition) is 1. The first-order valence-electron chi connectivity index (χ1n) is 11.9. The molecule has 2 aliphatic rings. The molecule has 1 aromatic heterocycles. The number of rotatable bonds is 7. The lowest BCUT2D eigenvalue weighted by atomic mass is 10.1. The highest BCUT2D eigenvalue weighted by Crippen LogP contribution is 2.26. The Morgan fingerprint density at radius 3 is 2.51 bits per heavy atom. The lowest BCUT2D eigenvalue weighted by molar-refractivity contribution is 0.0475. The van der Waals surface area contributed by atoms with Crippen LogP contribution in [-0.4, -0.2) is 58.2 Å². The molecule has 1 unspecified atom stereocenters. The van der Waals surface area contributed by atoms with E-state index in [1.54, 1.807) is 12.1 Å². The normalized spacial score (nSPS) is 17.2. The first-order chi connectivity index (χ1) is 16.9. The molecular formula is C27H28N4O4. The summed E-state index contributed by atoms with van der Waals surface area (Å²) in [5.74, 6) is -0.959. The number of carbonyl (C=O) groups is 3. The summed E-state index contributed by atoms with van der Waals surface area (Å²) in [5.41, 5.74) is 5.12. The largest absolute Gasteiger partial charge is 0.376 e. The summed E-state index contributed by atoms with van der Waals surface area (Å²) in [7, 11) is 0. The molecule has 2 aromatic carbocycles. The number of hydrogen-bond acceptors (Lipinski definition) is 5. The average Bonchev–Trinajstić information content (AvgIpc) is 3.55. The van der Waals surface area contributed by atoms with Gasteiger partial charge in [-0.15, -0.1) is 0 Å². The number of amides is 3. The van der Waals surface area contributed by atoms with E-state index >= 15 is 0 Å². The van der Waals surface area contributed by atoms with E-state index in [0.717, 1.165) is 35.5 Å². The number of carbonyl (C=O) groups excluding carboxylic acids is 3. The molecule has 1 saturated heterocycles. The van der Waals surface area contributed by atoms with Crippen molar-refractivity contribution in [3.63, 3.8) is 0 Å². The van der Waals surface area contributed by atoms with Crippen LogP contribution in [0.25, 0.3) is 5.69 Å². The number of imide groups is 1. The molecule has 1 N–H and O–H groups in total. The Bertz CT molecular complexity index is 1290. The molecule has 3 amide bonds. The lowest BCUT2D eigenvalue weighted by Gasteiger charge is -2.17. The van der Waals surface area contributed by atoms with Gasteiger partial charge in [0.05, 0.1) is 35.2 Å². The van der Waals surface area contributed by atoms with E-state index in [1.165, 1.54) is 11.0 Å². The second-order valence-electron chi connectivity index (χ2n) is 9.13. The third-order valence-corrected chi connectivity index (χ3v) is 6.53. The second kappa shape index (κ2) is 9.46. The summed E-state index contributed by atoms with van der Waals surface area (Å²) in [5, 5.41) is 7.41. The van der Waals surface area contributed by atoms with Crippen molar-refractivity contribution in [3.05, 3.63) is 82.2 Å². The molecule has 180 valence electrons. The maximum atomic E-state index is 12.8. The molecule has 1 fully saturated rings. The molecule has 0 saturated carbocycles. The van der Waals surface area contributed by atoms with Crippen LogP contribution in [-0.2, 0) is 11.2 Å². The summed E-state index contributed by atoms with van der Waals surface area (Å²) in [6.07, 6.45) is 2.33. The quantitative estimate of drug-likeness (QED) is 0.533. The zero-order valence-electron chi connectivity index (χ0n) is 19.9. The average molecular weight is 473 g/mol. The van der Waals surface area contributed by atoms with Gasteiger partial charge < -0.3 is 10.1 Å². The highest BCUT2D eigenvalue weighted by molar-refractivity contribution is 6.22. The molecule has 0 bridgehead atoms. The molecule has 0 aliphatic carbocycles. The van der Waals surface area contributed by atoms with E-state index in [9.17, 15) is 14.4 Å². The number of nitrogens with one attached hydrogen (secondary N) is 1. The second-order valence-corrected chi connectivity index (χ2v) is 9.13. The molecule has 8 heteroatoms. The van der Waals surface area contributed by atoms with E-state index in [0.29, 0.717) is 30.7 Å². The van der Waals surface area contributed by atoms with Crippen LogP contribution in [0.15, 0.2) is 48.5 Å². The Morgan fingerprint density at radius 2 is 1.83 bits per heavy atom. The van der Waals surface area contributed by atoms with Crippen LogP contribution in [0.2, 0.25) is 0 Å². The van der Waals surface area contributed by atoms with E-state index < -0.39 is 0 Å². The minimum Gasteiger partial charge on any atom is -0.376 e. The molecule has 3 heterocycles. The Hall–Kier alpha value is -3.78. The molecule has 2 aliphatic heterocycles. The number of aryl methyl sites for hydroxylation is 2. The van der Waals surface area contributed by atoms with Crippen molar-refractivity contribution in [3.8, 4) is 5.69 Å². The first-order valence-corrected chi connectivity index (χ1v) is 11.9. The highest BCUT2D eigenvalue weighted by Gasteiger charge is 2.37. The SMILES string of the molecule is Cc1cc(C)n(-c2ccc(CCNC(=O)c3ccc4c(c3)C(=O)N(CC3CCCO3)C4=O)cc2)n1. The number of aromatic nitrogens is 2. The van der Waals surface area contributed by atoms with Crippen molar-refractivity contribution >= 4 is 17.7 Å². The standard InChI is InChI=1S/C27H28N4O4/c1-17-14-18(2)31(29-17)21-8-5-19(6-9-21)11-12-28-25(32)20-7-10-23-24(15-20)27(34)30(26(23)33)16-22-4-3-13-35-22/h5-10,14-15,22H,3-4,11-13,16H2,1-2H3,(H,28,32). The zero-order valence-corrected chi connectivity index (χ0v) is 19.9. The van der Waals surface area contributed by atoms with Crippen LogP contribution in [0.1, 0.15) is 60.9 Å². The van der Waals surface area contributed by atoms with Crippen LogP contribution in [0.5, 0.6) is 0 Å². The molecule has 8 nitrogen and oxygen atoms in total. The molecule has 0 radical (unpaired) electrons. The van der Waals surface area contributed by atoms with Crippen LogP contribution in [0, 0.1) is 13.8 Å². The van der Waals surface area contributed by atoms with Gasteiger partial charge in [-0.2, -0.15) is 5.10 Å². The van der Waals surface area contributed by atoms with Gasteiger partial charge in [-0.05, 0) is 75.1 Å². The molecule has 1 atom stereocenters. The number of fused-ring (bicyclic) bond motifs is 1. The molecule has 5 rings (SSSR count). The van der Waals surface area contributed by atoms with Crippen molar-refractivity contribution in [1.29, 1.82) is 0 Å². The Morgan fingerprint density at radius 1 is 1.06 bits per heavy atom. The third kappa shape index (κ3) is 4.61. The van der Waals surface area contributed by atoms with Gasteiger partial charge in [-0.3, -0.25) is 19.3 Å². The lowest BCUT2D eigenvalue weighted by Crippen LogP contribution is -2.36. The summed E-state index contributed by atoms with van der Waals surface area (Å²) >= 11 is 0. The fraction of sp³-hybridized carbons (Fsp3) is 0.333. The van der Waals surface area contributed by atoms with Crippen molar-refractivity contribution in [2.45, 2.75) is 39.2 Å². The van der Waals surface area contributed by atoms with Crippen molar-refractivity contribution < 1.29 is 19.1 Å². The smallest absolute Gasteiger partial charge is 0.261 e. The fourth-order valence-electron chi connectivity index (χ4n) is 4.71. The first kappa shape index (κ1) is 23.0. The molecule has 3 aromatic rings. The maximum absolute atomic E-state index is 12.8. The minimum absolute atomic E-state index is 0.110. The van der Waals surface area contributed by atoms with Gasteiger partial charge in [0.15, 0.2) is 0 Å². The predicted molar refractivity (Wildman–Crippen MR) is 130 cm³/mol. The van der Waals surface area contributed by atoms with Gasteiger partial charge in [0.1, 0.15) is 0 Å². The third-order valence-electron chi connectivity index (χ3n) is 6.53. The van der Waals surface area contributed by atoms with E-state index in [2.05, 4.69) is 10.4 Å². The van der Waals surface area contributed by atoms with Gasteiger partial charge >= 0.3 is 0 Å². The van der Waals surface area contributed by atoms with Crippen molar-refractivity contribution in [1.82, 2.24) is 20.0 Å². The zero-order chi connectivity index (χ0) is 24.5. The molecule has 35 heavy (non-hydrogen) atoms. The number of benzene rings is 2. The fourth-order valence-corrected chi connectivity index (χ4v) is 4.71. The van der Waals surface area contributed by atoms with E-state index in [-0.39, 0.29) is 35.9 Å². The van der Waals surface area contributed by atoms with Gasteiger partial charge in [0.25, 0.3) is 17.7 Å². The molecule has 0 spiro atoms. The van der Waals surface area contributed by atoms with Crippen LogP contribution in [0.3, 0.4) is 0 Å². The summed E-state index contributed by atoms with van der Waals surface area (Å²) < 4.78 is 7.48. The summed E-state index contributed by atoms with van der Waals surface area (Å²) in [6, 6.07) is 14.8. The Labute approximate surface area is 203 Å². The van der Waals surface area contributed by atoms with Gasteiger partial charge in [0, 0.05) is 24.4 Å². The van der Waals surface area contributed by atoms with E-state index in [1.807, 2.05) is 48.9 Å². The summed E-state index contributed by atoms with van der Waals surface area (Å²) in [6.45, 7) is 5.36. The highest BCUT2D eigenvalue weighted by atomic mass is 16.5. The molecular weight excluding hydrogens is 444 g/mol. The predicted octanol–water partition coefficient (Wildman–Crippen LogP) is 3.24. The monoisotopic (exact) mass is 472 g/mol. The van der Waals surface area contributed by atoms with E-state index in [4.69, 9.17) is 4.74 Å². The summed E-state index contributed by atoms with van der Waals surface area (Å²) in [4.78, 5) is 39.5. The Kier molecular flexibility index (Phi) is 6.21. The minimum atomic E-state index is -0.363. The number of nitrogens with zero attached hydrogens (tertiary/aromatic N) is 3. The van der Waals surface area contributed by atoms with Crippen LogP contribution in [0.4, 0.5) is 0 Å².